The van der Waals surface area contributed by atoms with Crippen molar-refractivity contribution < 1.29 is 4.39 Å². The molecule has 1 aromatic carbocycles. The van der Waals surface area contributed by atoms with Crippen molar-refractivity contribution in [3.05, 3.63) is 34.1 Å². The van der Waals surface area contributed by atoms with Crippen LogP contribution in [0.1, 0.15) is 24.3 Å². The van der Waals surface area contributed by atoms with Gasteiger partial charge in [0.25, 0.3) is 0 Å². The molecule has 0 saturated carbocycles. The number of hydrogen-bond donors (Lipinski definition) is 1. The van der Waals surface area contributed by atoms with Crippen LogP contribution >= 0.6 is 15.9 Å². The summed E-state index contributed by atoms with van der Waals surface area (Å²) in [7, 11) is 4.12. The minimum atomic E-state index is -0.0754. The van der Waals surface area contributed by atoms with Crippen molar-refractivity contribution in [3.63, 3.8) is 0 Å². The number of piperidine rings is 1. The summed E-state index contributed by atoms with van der Waals surface area (Å²) in [6.45, 7) is 2.99. The minimum Gasteiger partial charge on any atom is -0.317 e. The van der Waals surface area contributed by atoms with Gasteiger partial charge < -0.3 is 10.2 Å². The van der Waals surface area contributed by atoms with Crippen LogP contribution in [0.2, 0.25) is 0 Å². The Balaban J connectivity index is 2.27. The molecular formula is C15H22BrFN2. The van der Waals surface area contributed by atoms with Crippen LogP contribution in [0.25, 0.3) is 0 Å². The molecule has 1 unspecified atom stereocenters. The fourth-order valence-electron chi connectivity index (χ4n) is 2.94. The third-order valence-electron chi connectivity index (χ3n) is 3.87. The Morgan fingerprint density at radius 2 is 2.05 bits per heavy atom. The van der Waals surface area contributed by atoms with E-state index in [9.17, 15) is 4.39 Å². The molecule has 0 amide bonds. The van der Waals surface area contributed by atoms with Crippen molar-refractivity contribution in [2.45, 2.75) is 18.8 Å². The lowest BCUT2D eigenvalue weighted by atomic mass is 9.80. The first-order valence-corrected chi connectivity index (χ1v) is 7.67. The van der Waals surface area contributed by atoms with E-state index in [4.69, 9.17) is 0 Å². The fourth-order valence-corrected chi connectivity index (χ4v) is 3.32. The van der Waals surface area contributed by atoms with Crippen LogP contribution in [0, 0.1) is 11.7 Å². The molecule has 1 aliphatic heterocycles. The Morgan fingerprint density at radius 1 is 1.37 bits per heavy atom. The van der Waals surface area contributed by atoms with Gasteiger partial charge in [-0.25, -0.2) is 4.39 Å². The normalized spacial score (nSPS) is 18.8. The summed E-state index contributed by atoms with van der Waals surface area (Å²) < 4.78 is 15.1. The average molecular weight is 329 g/mol. The zero-order valence-electron chi connectivity index (χ0n) is 11.6. The molecule has 4 heteroatoms. The third kappa shape index (κ3) is 4.01. The van der Waals surface area contributed by atoms with E-state index >= 15 is 0 Å². The summed E-state index contributed by atoms with van der Waals surface area (Å²) in [4.78, 5) is 2.16. The van der Waals surface area contributed by atoms with Gasteiger partial charge in [-0.15, -0.1) is 0 Å². The summed E-state index contributed by atoms with van der Waals surface area (Å²) in [5.74, 6) is 0.760. The second kappa shape index (κ2) is 6.82. The molecule has 2 rings (SSSR count). The summed E-state index contributed by atoms with van der Waals surface area (Å²) >= 11 is 3.46. The summed E-state index contributed by atoms with van der Waals surface area (Å²) in [6.07, 6.45) is 2.26. The molecule has 0 aromatic heterocycles. The first kappa shape index (κ1) is 14.9. The second-order valence-electron chi connectivity index (χ2n) is 5.62. The van der Waals surface area contributed by atoms with Gasteiger partial charge in [0, 0.05) is 16.9 Å². The van der Waals surface area contributed by atoms with E-state index in [1.807, 2.05) is 6.07 Å². The van der Waals surface area contributed by atoms with Gasteiger partial charge in [-0.2, -0.15) is 0 Å². The Morgan fingerprint density at radius 3 is 2.68 bits per heavy atom. The molecule has 0 radical (unpaired) electrons. The van der Waals surface area contributed by atoms with E-state index in [1.54, 1.807) is 12.1 Å². The van der Waals surface area contributed by atoms with E-state index < -0.39 is 0 Å². The summed E-state index contributed by atoms with van der Waals surface area (Å²) in [5.41, 5.74) is 0.856. The van der Waals surface area contributed by atoms with Gasteiger partial charge in [-0.1, -0.05) is 15.9 Å². The molecule has 1 saturated heterocycles. The predicted octanol–water partition coefficient (Wildman–Crippen LogP) is 3.23. The number of nitrogens with one attached hydrogen (secondary N) is 1. The largest absolute Gasteiger partial charge is 0.317 e. The van der Waals surface area contributed by atoms with E-state index in [0.29, 0.717) is 5.92 Å². The first-order valence-electron chi connectivity index (χ1n) is 6.88. The van der Waals surface area contributed by atoms with Crippen molar-refractivity contribution in [2.75, 3.05) is 33.7 Å². The number of halogens is 2. The van der Waals surface area contributed by atoms with Crippen LogP contribution in [0.4, 0.5) is 4.39 Å². The molecule has 1 aliphatic rings. The van der Waals surface area contributed by atoms with Gasteiger partial charge in [-0.3, -0.25) is 0 Å². The molecule has 1 N–H and O–H groups in total. The zero-order chi connectivity index (χ0) is 13.8. The highest BCUT2D eigenvalue weighted by molar-refractivity contribution is 9.10. The van der Waals surface area contributed by atoms with Gasteiger partial charge in [0.1, 0.15) is 5.82 Å². The Kier molecular flexibility index (Phi) is 5.37. The smallest absolute Gasteiger partial charge is 0.126 e. The molecule has 2 nitrogen and oxygen atoms in total. The molecule has 0 spiro atoms. The lowest BCUT2D eigenvalue weighted by Crippen LogP contribution is -2.35. The van der Waals surface area contributed by atoms with Gasteiger partial charge in [0.05, 0.1) is 0 Å². The fraction of sp³-hybridized carbons (Fsp3) is 0.600. The van der Waals surface area contributed by atoms with Crippen LogP contribution in [0.15, 0.2) is 22.7 Å². The highest BCUT2D eigenvalue weighted by atomic mass is 79.9. The van der Waals surface area contributed by atoms with Gasteiger partial charge in [-0.05, 0) is 69.7 Å². The molecule has 1 fully saturated rings. The molecule has 1 heterocycles. The van der Waals surface area contributed by atoms with Crippen molar-refractivity contribution in [2.24, 2.45) is 5.92 Å². The van der Waals surface area contributed by atoms with Crippen molar-refractivity contribution in [1.82, 2.24) is 10.2 Å². The van der Waals surface area contributed by atoms with E-state index in [-0.39, 0.29) is 11.7 Å². The van der Waals surface area contributed by atoms with Crippen LogP contribution in [-0.2, 0) is 0 Å². The van der Waals surface area contributed by atoms with Crippen molar-refractivity contribution in [1.29, 1.82) is 0 Å². The monoisotopic (exact) mass is 328 g/mol. The Hall–Kier alpha value is -0.450. The highest BCUT2D eigenvalue weighted by Gasteiger charge is 2.27. The topological polar surface area (TPSA) is 15.3 Å². The molecule has 19 heavy (non-hydrogen) atoms. The van der Waals surface area contributed by atoms with Crippen molar-refractivity contribution >= 4 is 15.9 Å². The van der Waals surface area contributed by atoms with E-state index in [0.717, 1.165) is 42.5 Å². The maximum atomic E-state index is 14.2. The average Bonchev–Trinajstić information content (AvgIpc) is 2.40. The van der Waals surface area contributed by atoms with E-state index in [2.05, 4.69) is 40.2 Å². The number of benzene rings is 1. The van der Waals surface area contributed by atoms with Gasteiger partial charge >= 0.3 is 0 Å². The van der Waals surface area contributed by atoms with Crippen molar-refractivity contribution in [3.8, 4) is 0 Å². The molecule has 1 aromatic rings. The number of rotatable bonds is 4. The minimum absolute atomic E-state index is 0.0754. The molecular weight excluding hydrogens is 307 g/mol. The van der Waals surface area contributed by atoms with Crippen LogP contribution in [0.3, 0.4) is 0 Å². The molecule has 1 atom stereocenters. The maximum Gasteiger partial charge on any atom is 0.126 e. The summed E-state index contributed by atoms with van der Waals surface area (Å²) in [6, 6.07) is 5.29. The Bertz CT molecular complexity index is 417. The second-order valence-corrected chi connectivity index (χ2v) is 6.54. The Labute approximate surface area is 123 Å². The standard InChI is InChI=1S/C15H22BrFN2/c1-19(2)10-14(11-5-7-18-8-6-11)13-9-12(16)3-4-15(13)17/h3-4,9,11,14,18H,5-8,10H2,1-2H3. The van der Waals surface area contributed by atoms with Crippen LogP contribution in [-0.4, -0.2) is 38.6 Å². The molecule has 0 bridgehead atoms. The SMILES string of the molecule is CN(C)CC(c1cc(Br)ccc1F)C1CCNCC1. The lowest BCUT2D eigenvalue weighted by molar-refractivity contribution is 0.257. The van der Waals surface area contributed by atoms with Gasteiger partial charge in [0.2, 0.25) is 0 Å². The number of nitrogens with zero attached hydrogens (tertiary/aromatic N) is 1. The lowest BCUT2D eigenvalue weighted by Gasteiger charge is -2.33. The van der Waals surface area contributed by atoms with Crippen LogP contribution in [0.5, 0.6) is 0 Å². The molecule has 106 valence electrons. The predicted molar refractivity (Wildman–Crippen MR) is 81.0 cm³/mol. The number of likely N-dealkylation sites (N-methyl/N-ethyl adjacent to an activating group) is 1. The van der Waals surface area contributed by atoms with Crippen LogP contribution < -0.4 is 5.32 Å². The molecule has 0 aliphatic carbocycles. The van der Waals surface area contributed by atoms with E-state index in [1.165, 1.54) is 0 Å². The zero-order valence-corrected chi connectivity index (χ0v) is 13.2. The first-order chi connectivity index (χ1) is 9.08. The summed E-state index contributed by atoms with van der Waals surface area (Å²) in [5, 5.41) is 3.38. The maximum absolute atomic E-state index is 14.2. The third-order valence-corrected chi connectivity index (χ3v) is 4.37. The van der Waals surface area contributed by atoms with Gasteiger partial charge in [0.15, 0.2) is 0 Å². The highest BCUT2D eigenvalue weighted by Crippen LogP contribution is 2.34. The quantitative estimate of drug-likeness (QED) is 0.912. The number of hydrogen-bond acceptors (Lipinski definition) is 2.